The fourth-order valence-corrected chi connectivity index (χ4v) is 6.75. The zero-order valence-corrected chi connectivity index (χ0v) is 22.7. The summed E-state index contributed by atoms with van der Waals surface area (Å²) in [5, 5.41) is 11.9. The molecule has 6 rings (SSSR count). The third kappa shape index (κ3) is 5.25. The number of piperidine rings is 1. The second-order valence-electron chi connectivity index (χ2n) is 11.2. The number of hydrogen-bond donors (Lipinski definition) is 3. The largest absolute Gasteiger partial charge is 0.496 e. The first-order valence-electron chi connectivity index (χ1n) is 14.2. The van der Waals surface area contributed by atoms with Gasteiger partial charge in [-0.3, -0.25) is 19.5 Å². The number of amides is 1. The summed E-state index contributed by atoms with van der Waals surface area (Å²) in [6.45, 7) is 4.16. The summed E-state index contributed by atoms with van der Waals surface area (Å²) in [7, 11) is 1.57. The van der Waals surface area contributed by atoms with Gasteiger partial charge in [0, 0.05) is 49.3 Å². The summed E-state index contributed by atoms with van der Waals surface area (Å²) in [5.41, 5.74) is 9.62. The van der Waals surface area contributed by atoms with Crippen LogP contribution in [-0.4, -0.2) is 57.7 Å². The molecule has 2 saturated heterocycles. The highest BCUT2D eigenvalue weighted by Crippen LogP contribution is 2.40. The standard InChI is InChI=1S/C29H38FN7O2/c1-3-26-33-34-27-12-10-19(15-37(26)27)28-21-14-18(9-11-24(21)32-35-28)29(38)31-20-6-5-13-36(16-20)17-22-23(30)7-4-8-25(22)39-2/h4,7-8,10,12,15,18,20-21,24,28,32,35H,3,5-6,9,11,13-14,16-17H2,1-2H3,(H,31,38)/t18?,20-,21?,24?,28?/m1/s1. The van der Waals surface area contributed by atoms with Crippen LogP contribution in [0.2, 0.25) is 0 Å². The van der Waals surface area contributed by atoms with E-state index in [-0.39, 0.29) is 29.7 Å². The lowest BCUT2D eigenvalue weighted by Gasteiger charge is -2.36. The van der Waals surface area contributed by atoms with E-state index >= 15 is 0 Å². The lowest BCUT2D eigenvalue weighted by molar-refractivity contribution is -0.127. The van der Waals surface area contributed by atoms with Crippen LogP contribution in [0.3, 0.4) is 0 Å². The maximum atomic E-state index is 14.5. The molecule has 4 heterocycles. The number of nitrogens with zero attached hydrogens (tertiary/aromatic N) is 4. The molecule has 1 aromatic carbocycles. The number of aryl methyl sites for hydroxylation is 1. The second kappa shape index (κ2) is 11.2. The van der Waals surface area contributed by atoms with Crippen molar-refractivity contribution in [3.05, 3.63) is 59.3 Å². The van der Waals surface area contributed by atoms with Crippen molar-refractivity contribution in [2.75, 3.05) is 20.2 Å². The minimum absolute atomic E-state index is 0.0117. The molecule has 0 spiro atoms. The molecule has 3 aliphatic rings. The Hall–Kier alpha value is -3.08. The minimum Gasteiger partial charge on any atom is -0.496 e. The van der Waals surface area contributed by atoms with Crippen molar-refractivity contribution in [1.82, 2.24) is 35.7 Å². The van der Waals surface area contributed by atoms with E-state index in [0.717, 1.165) is 56.5 Å². The number of nitrogens with one attached hydrogen (secondary N) is 3. The van der Waals surface area contributed by atoms with Crippen molar-refractivity contribution < 1.29 is 13.9 Å². The number of fused-ring (bicyclic) bond motifs is 2. The lowest BCUT2D eigenvalue weighted by atomic mass is 9.74. The van der Waals surface area contributed by atoms with Crippen LogP contribution < -0.4 is 20.9 Å². The van der Waals surface area contributed by atoms with Crippen LogP contribution in [0.15, 0.2) is 36.5 Å². The van der Waals surface area contributed by atoms with E-state index in [9.17, 15) is 9.18 Å². The van der Waals surface area contributed by atoms with Gasteiger partial charge in [-0.25, -0.2) is 9.82 Å². The van der Waals surface area contributed by atoms with Gasteiger partial charge in [-0.15, -0.1) is 10.2 Å². The first-order valence-corrected chi connectivity index (χ1v) is 14.2. The molecule has 0 bridgehead atoms. The summed E-state index contributed by atoms with van der Waals surface area (Å²) in [6, 6.07) is 9.63. The van der Waals surface area contributed by atoms with Crippen molar-refractivity contribution in [1.29, 1.82) is 0 Å². The van der Waals surface area contributed by atoms with E-state index in [4.69, 9.17) is 4.74 Å². The van der Waals surface area contributed by atoms with Gasteiger partial charge in [0.05, 0.1) is 13.2 Å². The summed E-state index contributed by atoms with van der Waals surface area (Å²) < 4.78 is 22.0. The molecule has 10 heteroatoms. The molecule has 1 aliphatic carbocycles. The van der Waals surface area contributed by atoms with Gasteiger partial charge in [-0.2, -0.15) is 0 Å². The van der Waals surface area contributed by atoms with Crippen LogP contribution in [0.4, 0.5) is 4.39 Å². The van der Waals surface area contributed by atoms with Gasteiger partial charge < -0.3 is 10.1 Å². The Labute approximate surface area is 228 Å². The first-order chi connectivity index (χ1) is 19.0. The Kier molecular flexibility index (Phi) is 7.51. The molecule has 3 aromatic rings. The monoisotopic (exact) mass is 535 g/mol. The highest BCUT2D eigenvalue weighted by atomic mass is 19.1. The Morgan fingerprint density at radius 3 is 2.92 bits per heavy atom. The molecule has 5 atom stereocenters. The predicted octanol–water partition coefficient (Wildman–Crippen LogP) is 3.15. The van der Waals surface area contributed by atoms with Crippen LogP contribution in [0.25, 0.3) is 5.65 Å². The number of halogens is 1. The number of hydrogen-bond acceptors (Lipinski definition) is 7. The van der Waals surface area contributed by atoms with Gasteiger partial charge in [0.1, 0.15) is 17.4 Å². The number of carbonyl (C=O) groups is 1. The number of hydrazine groups is 1. The molecule has 0 radical (unpaired) electrons. The third-order valence-corrected chi connectivity index (χ3v) is 8.82. The quantitative estimate of drug-likeness (QED) is 0.428. The van der Waals surface area contributed by atoms with Crippen LogP contribution >= 0.6 is 0 Å². The SMILES string of the molecule is CCc1nnc2ccc(C3NNC4CCC(C(=O)N[C@@H]5CCCN(Cc6c(F)cccc6OC)C5)CC43)cn12. The zero-order chi connectivity index (χ0) is 26.9. The summed E-state index contributed by atoms with van der Waals surface area (Å²) in [5.74, 6) is 1.73. The first kappa shape index (κ1) is 26.2. The fourth-order valence-electron chi connectivity index (χ4n) is 6.75. The Morgan fingerprint density at radius 2 is 2.08 bits per heavy atom. The molecule has 39 heavy (non-hydrogen) atoms. The van der Waals surface area contributed by atoms with E-state index in [0.29, 0.717) is 36.4 Å². The van der Waals surface area contributed by atoms with Gasteiger partial charge in [0.25, 0.3) is 0 Å². The Balaban J connectivity index is 1.09. The van der Waals surface area contributed by atoms with Gasteiger partial charge in [0.15, 0.2) is 5.65 Å². The lowest BCUT2D eigenvalue weighted by Crippen LogP contribution is -2.50. The van der Waals surface area contributed by atoms with Crippen molar-refractivity contribution >= 4 is 11.6 Å². The number of likely N-dealkylation sites (tertiary alicyclic amines) is 1. The average molecular weight is 536 g/mol. The topological polar surface area (TPSA) is 95.8 Å². The van der Waals surface area contributed by atoms with E-state index in [2.05, 4.69) is 54.9 Å². The summed E-state index contributed by atoms with van der Waals surface area (Å²) in [4.78, 5) is 15.7. The number of methoxy groups -OCH3 is 1. The zero-order valence-electron chi connectivity index (χ0n) is 22.7. The molecular formula is C29H38FN7O2. The smallest absolute Gasteiger partial charge is 0.223 e. The minimum atomic E-state index is -0.250. The number of rotatable bonds is 7. The number of aromatic nitrogens is 3. The van der Waals surface area contributed by atoms with Gasteiger partial charge in [0.2, 0.25) is 5.91 Å². The van der Waals surface area contributed by atoms with E-state index in [1.807, 2.05) is 6.07 Å². The van der Waals surface area contributed by atoms with Crippen LogP contribution in [0, 0.1) is 17.7 Å². The normalized spacial score (nSPS) is 27.4. The Morgan fingerprint density at radius 1 is 1.18 bits per heavy atom. The maximum absolute atomic E-state index is 14.5. The average Bonchev–Trinajstić information content (AvgIpc) is 3.57. The van der Waals surface area contributed by atoms with Gasteiger partial charge >= 0.3 is 0 Å². The number of ether oxygens (including phenoxy) is 1. The maximum Gasteiger partial charge on any atom is 0.223 e. The van der Waals surface area contributed by atoms with E-state index in [1.165, 1.54) is 11.6 Å². The van der Waals surface area contributed by atoms with Crippen molar-refractivity contribution in [2.45, 2.75) is 70.1 Å². The second-order valence-corrected chi connectivity index (χ2v) is 11.2. The van der Waals surface area contributed by atoms with Crippen LogP contribution in [-0.2, 0) is 17.8 Å². The number of pyridine rings is 1. The van der Waals surface area contributed by atoms with Crippen LogP contribution in [0.1, 0.15) is 62.0 Å². The van der Waals surface area contributed by atoms with Crippen LogP contribution in [0.5, 0.6) is 5.75 Å². The molecule has 1 saturated carbocycles. The number of carbonyl (C=O) groups excluding carboxylic acids is 1. The highest BCUT2D eigenvalue weighted by molar-refractivity contribution is 5.79. The summed E-state index contributed by atoms with van der Waals surface area (Å²) >= 11 is 0. The highest BCUT2D eigenvalue weighted by Gasteiger charge is 2.43. The molecule has 3 fully saturated rings. The molecule has 2 aromatic heterocycles. The molecule has 3 N–H and O–H groups in total. The van der Waals surface area contributed by atoms with E-state index < -0.39 is 0 Å². The number of benzene rings is 1. The van der Waals surface area contributed by atoms with Crippen molar-refractivity contribution in [2.24, 2.45) is 11.8 Å². The summed E-state index contributed by atoms with van der Waals surface area (Å²) in [6.07, 6.45) is 7.55. The fraction of sp³-hybridized carbons (Fsp3) is 0.552. The molecule has 9 nitrogen and oxygen atoms in total. The van der Waals surface area contributed by atoms with Gasteiger partial charge in [-0.05, 0) is 68.3 Å². The van der Waals surface area contributed by atoms with Crippen molar-refractivity contribution in [3.8, 4) is 5.75 Å². The van der Waals surface area contributed by atoms with Gasteiger partial charge in [-0.1, -0.05) is 19.1 Å². The molecule has 1 amide bonds. The molecule has 2 aliphatic heterocycles. The third-order valence-electron chi connectivity index (χ3n) is 8.82. The predicted molar refractivity (Wildman–Crippen MR) is 145 cm³/mol. The molecule has 208 valence electrons. The molecule has 4 unspecified atom stereocenters. The Bertz CT molecular complexity index is 1330. The molecular weight excluding hydrogens is 497 g/mol. The van der Waals surface area contributed by atoms with E-state index in [1.54, 1.807) is 19.2 Å². The van der Waals surface area contributed by atoms with Crippen molar-refractivity contribution in [3.63, 3.8) is 0 Å².